The molecule has 0 unspecified atom stereocenters. The molecule has 0 aliphatic carbocycles. The van der Waals surface area contributed by atoms with E-state index in [4.69, 9.17) is 5.73 Å². The van der Waals surface area contributed by atoms with Crippen molar-refractivity contribution >= 4 is 26.7 Å². The van der Waals surface area contributed by atoms with Gasteiger partial charge in [0, 0.05) is 6.54 Å². The summed E-state index contributed by atoms with van der Waals surface area (Å²) in [5.74, 6) is 1.40. The molecule has 0 radical (unpaired) electrons. The van der Waals surface area contributed by atoms with Gasteiger partial charge in [-0.3, -0.25) is 0 Å². The fourth-order valence-corrected chi connectivity index (χ4v) is 4.91. The van der Waals surface area contributed by atoms with Crippen LogP contribution in [0.1, 0.15) is 70.1 Å². The van der Waals surface area contributed by atoms with E-state index >= 15 is 0 Å². The van der Waals surface area contributed by atoms with Crippen LogP contribution in [0.5, 0.6) is 0 Å². The second-order valence-corrected chi connectivity index (χ2v) is 9.67. The molecule has 0 saturated carbocycles. The zero-order chi connectivity index (χ0) is 19.3. The molecule has 0 saturated heterocycles. The van der Waals surface area contributed by atoms with Crippen LogP contribution in [-0.2, 0) is 16.4 Å². The normalized spacial score (nSPS) is 12.3. The number of aryl methyl sites for hydroxylation is 2. The third-order valence-electron chi connectivity index (χ3n) is 4.77. The van der Waals surface area contributed by atoms with Crippen molar-refractivity contribution in [1.29, 1.82) is 0 Å². The maximum atomic E-state index is 11.9. The maximum absolute atomic E-state index is 11.9. The quantitative estimate of drug-likeness (QED) is 0.633. The SMILES string of the molecule is CCCCS(=O)(=O)CCCCCn1cnc2c(N)nc(C(C)C)c(C)c21. The van der Waals surface area contributed by atoms with E-state index in [0.29, 0.717) is 23.2 Å². The Hall–Kier alpha value is -1.63. The molecule has 0 atom stereocenters. The average Bonchev–Trinajstić information content (AvgIpc) is 3.00. The number of hydrogen-bond acceptors (Lipinski definition) is 5. The van der Waals surface area contributed by atoms with Crippen LogP contribution in [0.3, 0.4) is 0 Å². The third kappa shape index (κ3) is 4.96. The molecule has 2 aromatic heterocycles. The number of hydrogen-bond donors (Lipinski definition) is 1. The van der Waals surface area contributed by atoms with Crippen molar-refractivity contribution < 1.29 is 8.42 Å². The number of imidazole rings is 1. The molecule has 2 rings (SSSR count). The molecule has 0 amide bonds. The van der Waals surface area contributed by atoms with Crippen LogP contribution in [0.4, 0.5) is 5.82 Å². The minimum atomic E-state index is -2.88. The number of unbranched alkanes of at least 4 members (excludes halogenated alkanes) is 3. The molecule has 0 aliphatic heterocycles. The van der Waals surface area contributed by atoms with Crippen molar-refractivity contribution in [3.05, 3.63) is 17.6 Å². The molecule has 0 fully saturated rings. The van der Waals surface area contributed by atoms with Gasteiger partial charge in [0.15, 0.2) is 5.82 Å². The summed E-state index contributed by atoms with van der Waals surface area (Å²) in [4.78, 5) is 8.94. The molecule has 2 heterocycles. The fraction of sp³-hybridized carbons (Fsp3) is 0.684. The van der Waals surface area contributed by atoms with E-state index in [0.717, 1.165) is 60.9 Å². The lowest BCUT2D eigenvalue weighted by Gasteiger charge is -2.13. The highest BCUT2D eigenvalue weighted by Crippen LogP contribution is 2.28. The lowest BCUT2D eigenvalue weighted by molar-refractivity contribution is 0.578. The van der Waals surface area contributed by atoms with Crippen molar-refractivity contribution in [3.8, 4) is 0 Å². The number of anilines is 1. The maximum Gasteiger partial charge on any atom is 0.151 e. The Morgan fingerprint density at radius 2 is 1.85 bits per heavy atom. The topological polar surface area (TPSA) is 90.9 Å². The van der Waals surface area contributed by atoms with Crippen molar-refractivity contribution in [1.82, 2.24) is 14.5 Å². The first-order valence-corrected chi connectivity index (χ1v) is 11.4. The van der Waals surface area contributed by atoms with Crippen LogP contribution >= 0.6 is 0 Å². The summed E-state index contributed by atoms with van der Waals surface area (Å²) in [6, 6.07) is 0. The first-order valence-electron chi connectivity index (χ1n) is 9.58. The number of pyridine rings is 1. The number of aromatic nitrogens is 3. The molecule has 2 N–H and O–H groups in total. The lowest BCUT2D eigenvalue weighted by atomic mass is 10.0. The summed E-state index contributed by atoms with van der Waals surface area (Å²) >= 11 is 0. The molecule has 0 bridgehead atoms. The number of sulfone groups is 1. The van der Waals surface area contributed by atoms with E-state index < -0.39 is 9.84 Å². The average molecular weight is 381 g/mol. The fourth-order valence-electron chi connectivity index (χ4n) is 3.33. The van der Waals surface area contributed by atoms with Crippen molar-refractivity contribution in [2.45, 2.75) is 72.3 Å². The smallest absolute Gasteiger partial charge is 0.151 e. The van der Waals surface area contributed by atoms with E-state index in [1.807, 2.05) is 13.3 Å². The van der Waals surface area contributed by atoms with Crippen LogP contribution in [0, 0.1) is 6.92 Å². The highest BCUT2D eigenvalue weighted by Gasteiger charge is 2.16. The van der Waals surface area contributed by atoms with Gasteiger partial charge in [-0.05, 0) is 37.7 Å². The van der Waals surface area contributed by atoms with E-state index in [-0.39, 0.29) is 0 Å². The highest BCUT2D eigenvalue weighted by molar-refractivity contribution is 7.91. The van der Waals surface area contributed by atoms with Crippen molar-refractivity contribution in [2.24, 2.45) is 0 Å². The number of nitrogen functional groups attached to an aromatic ring is 1. The van der Waals surface area contributed by atoms with E-state index in [1.54, 1.807) is 0 Å². The minimum Gasteiger partial charge on any atom is -0.382 e. The molecule has 0 aliphatic rings. The van der Waals surface area contributed by atoms with Gasteiger partial charge >= 0.3 is 0 Å². The van der Waals surface area contributed by atoms with Crippen LogP contribution < -0.4 is 5.73 Å². The summed E-state index contributed by atoms with van der Waals surface area (Å²) in [6.07, 6.45) is 6.03. The molecular weight excluding hydrogens is 348 g/mol. The van der Waals surface area contributed by atoms with Crippen molar-refractivity contribution in [2.75, 3.05) is 17.2 Å². The van der Waals surface area contributed by atoms with E-state index in [9.17, 15) is 8.42 Å². The monoisotopic (exact) mass is 380 g/mol. The summed E-state index contributed by atoms with van der Waals surface area (Å²) < 4.78 is 25.9. The second kappa shape index (κ2) is 8.84. The standard InChI is InChI=1S/C19H32N4O2S/c1-5-6-11-26(24,25)12-9-7-8-10-23-13-21-17-18(23)15(4)16(14(2)3)22-19(17)20/h13-14H,5-12H2,1-4H3,(H2,20,22). The minimum absolute atomic E-state index is 0.297. The first kappa shape index (κ1) is 20.7. The summed E-state index contributed by atoms with van der Waals surface area (Å²) in [5.41, 5.74) is 10.0. The van der Waals surface area contributed by atoms with Gasteiger partial charge in [-0.2, -0.15) is 0 Å². The van der Waals surface area contributed by atoms with Gasteiger partial charge in [-0.1, -0.05) is 33.6 Å². The zero-order valence-electron chi connectivity index (χ0n) is 16.5. The van der Waals surface area contributed by atoms with Gasteiger partial charge in [0.05, 0.1) is 29.0 Å². The molecule has 6 nitrogen and oxygen atoms in total. The van der Waals surface area contributed by atoms with Gasteiger partial charge in [-0.25, -0.2) is 18.4 Å². The van der Waals surface area contributed by atoms with Gasteiger partial charge in [0.25, 0.3) is 0 Å². The Labute approximate surface area is 157 Å². The Balaban J connectivity index is 1.99. The molecular formula is C19H32N4O2S. The van der Waals surface area contributed by atoms with Crippen LogP contribution in [0.25, 0.3) is 11.0 Å². The molecule has 26 heavy (non-hydrogen) atoms. The highest BCUT2D eigenvalue weighted by atomic mass is 32.2. The number of nitrogens with zero attached hydrogens (tertiary/aromatic N) is 3. The lowest BCUT2D eigenvalue weighted by Crippen LogP contribution is -2.11. The number of fused-ring (bicyclic) bond motifs is 1. The van der Waals surface area contributed by atoms with E-state index in [1.165, 1.54) is 0 Å². The predicted octanol–water partition coefficient (Wildman–Crippen LogP) is 3.83. The summed E-state index contributed by atoms with van der Waals surface area (Å²) in [6.45, 7) is 9.12. The molecule has 7 heteroatoms. The van der Waals surface area contributed by atoms with Gasteiger partial charge in [0.1, 0.15) is 15.4 Å². The molecule has 146 valence electrons. The Morgan fingerprint density at radius 3 is 2.50 bits per heavy atom. The van der Waals surface area contributed by atoms with Gasteiger partial charge < -0.3 is 10.3 Å². The van der Waals surface area contributed by atoms with E-state index in [2.05, 4.69) is 35.3 Å². The first-order chi connectivity index (χ1) is 12.3. The number of nitrogens with two attached hydrogens (primary N) is 1. The second-order valence-electron chi connectivity index (χ2n) is 7.36. The number of rotatable bonds is 10. The third-order valence-corrected chi connectivity index (χ3v) is 6.59. The molecule has 2 aromatic rings. The molecule has 0 spiro atoms. The van der Waals surface area contributed by atoms with Crippen LogP contribution in [0.2, 0.25) is 0 Å². The van der Waals surface area contributed by atoms with Gasteiger partial charge in [-0.15, -0.1) is 0 Å². The van der Waals surface area contributed by atoms with Crippen LogP contribution in [0.15, 0.2) is 6.33 Å². The Kier molecular flexibility index (Phi) is 7.03. The van der Waals surface area contributed by atoms with Crippen molar-refractivity contribution in [3.63, 3.8) is 0 Å². The van der Waals surface area contributed by atoms with Crippen LogP contribution in [-0.4, -0.2) is 34.5 Å². The zero-order valence-corrected chi connectivity index (χ0v) is 17.3. The molecule has 0 aromatic carbocycles. The Morgan fingerprint density at radius 1 is 1.15 bits per heavy atom. The Bertz CT molecular complexity index is 841. The largest absolute Gasteiger partial charge is 0.382 e. The predicted molar refractivity (Wildman–Crippen MR) is 108 cm³/mol. The summed E-state index contributed by atoms with van der Waals surface area (Å²) in [5, 5.41) is 0. The van der Waals surface area contributed by atoms with Gasteiger partial charge in [0.2, 0.25) is 0 Å². The summed E-state index contributed by atoms with van der Waals surface area (Å²) in [7, 11) is -2.88.